The first-order chi connectivity index (χ1) is 9.06. The summed E-state index contributed by atoms with van der Waals surface area (Å²) in [7, 11) is 1.99. The number of nitrogens with zero attached hydrogens (tertiary/aromatic N) is 3. The van der Waals surface area contributed by atoms with Crippen LogP contribution in [-0.2, 0) is 20.0 Å². The summed E-state index contributed by atoms with van der Waals surface area (Å²) >= 11 is 6.44. The Hall–Kier alpha value is -0.580. The van der Waals surface area contributed by atoms with Crippen molar-refractivity contribution in [3.63, 3.8) is 0 Å². The fourth-order valence-corrected chi connectivity index (χ4v) is 3.03. The second-order valence-electron chi connectivity index (χ2n) is 5.48. The molecule has 5 heteroatoms. The minimum Gasteiger partial charge on any atom is -0.311 e. The van der Waals surface area contributed by atoms with Crippen molar-refractivity contribution < 1.29 is 0 Å². The quantitative estimate of drug-likeness (QED) is 0.920. The van der Waals surface area contributed by atoms with Crippen LogP contribution >= 0.6 is 11.6 Å². The van der Waals surface area contributed by atoms with Gasteiger partial charge in [-0.05, 0) is 19.8 Å². The van der Waals surface area contributed by atoms with Crippen LogP contribution in [-0.4, -0.2) is 39.9 Å². The van der Waals surface area contributed by atoms with E-state index in [-0.39, 0.29) is 0 Å². The molecule has 1 saturated heterocycles. The minimum atomic E-state index is 0.541. The number of hydrogen-bond donors (Lipinski definition) is 1. The van der Waals surface area contributed by atoms with Gasteiger partial charge < -0.3 is 5.32 Å². The summed E-state index contributed by atoms with van der Waals surface area (Å²) in [5, 5.41) is 8.93. The number of rotatable bonds is 4. The summed E-state index contributed by atoms with van der Waals surface area (Å²) in [5.74, 6) is 0. The van der Waals surface area contributed by atoms with Gasteiger partial charge in [0.05, 0.1) is 16.4 Å². The number of aromatic nitrogens is 2. The minimum absolute atomic E-state index is 0.541. The van der Waals surface area contributed by atoms with Crippen LogP contribution in [0.3, 0.4) is 0 Å². The summed E-state index contributed by atoms with van der Waals surface area (Å²) < 4.78 is 1.94. The molecule has 1 aromatic rings. The summed E-state index contributed by atoms with van der Waals surface area (Å²) in [6.07, 6.45) is 2.06. The van der Waals surface area contributed by atoms with Gasteiger partial charge in [-0.25, -0.2) is 0 Å². The van der Waals surface area contributed by atoms with Crippen molar-refractivity contribution >= 4 is 11.6 Å². The molecule has 2 heterocycles. The zero-order valence-corrected chi connectivity index (χ0v) is 13.2. The SMILES string of the molecule is CCc1nn(C)c(CN2CC(CC)NCC2C)c1Cl. The number of nitrogens with one attached hydrogen (secondary N) is 1. The third kappa shape index (κ3) is 3.12. The van der Waals surface area contributed by atoms with E-state index in [9.17, 15) is 0 Å². The molecule has 1 aromatic heterocycles. The van der Waals surface area contributed by atoms with E-state index >= 15 is 0 Å². The lowest BCUT2D eigenvalue weighted by atomic mass is 10.1. The molecule has 0 saturated carbocycles. The van der Waals surface area contributed by atoms with E-state index in [1.807, 2.05) is 11.7 Å². The largest absolute Gasteiger partial charge is 0.311 e. The highest BCUT2D eigenvalue weighted by Gasteiger charge is 2.26. The highest BCUT2D eigenvalue weighted by molar-refractivity contribution is 6.31. The van der Waals surface area contributed by atoms with Crippen LogP contribution in [0.4, 0.5) is 0 Å². The first kappa shape index (κ1) is 14.8. The lowest BCUT2D eigenvalue weighted by Gasteiger charge is -2.38. The van der Waals surface area contributed by atoms with Crippen molar-refractivity contribution in [1.29, 1.82) is 0 Å². The lowest BCUT2D eigenvalue weighted by Crippen LogP contribution is -2.54. The molecule has 1 N–H and O–H groups in total. The Morgan fingerprint density at radius 3 is 2.74 bits per heavy atom. The van der Waals surface area contributed by atoms with Gasteiger partial charge >= 0.3 is 0 Å². The Morgan fingerprint density at radius 2 is 2.16 bits per heavy atom. The van der Waals surface area contributed by atoms with Crippen LogP contribution in [0, 0.1) is 0 Å². The van der Waals surface area contributed by atoms with Gasteiger partial charge in [-0.2, -0.15) is 5.10 Å². The third-order valence-electron chi connectivity index (χ3n) is 4.13. The highest BCUT2D eigenvalue weighted by atomic mass is 35.5. The van der Waals surface area contributed by atoms with Crippen molar-refractivity contribution in [1.82, 2.24) is 20.0 Å². The van der Waals surface area contributed by atoms with Crippen molar-refractivity contribution in [2.24, 2.45) is 7.05 Å². The van der Waals surface area contributed by atoms with Crippen LogP contribution in [0.15, 0.2) is 0 Å². The predicted molar refractivity (Wildman–Crippen MR) is 79.5 cm³/mol. The molecule has 2 unspecified atom stereocenters. The van der Waals surface area contributed by atoms with E-state index in [4.69, 9.17) is 11.6 Å². The van der Waals surface area contributed by atoms with Crippen LogP contribution in [0.25, 0.3) is 0 Å². The number of halogens is 1. The topological polar surface area (TPSA) is 33.1 Å². The second-order valence-corrected chi connectivity index (χ2v) is 5.85. The predicted octanol–water partition coefficient (Wildman–Crippen LogP) is 2.21. The van der Waals surface area contributed by atoms with E-state index < -0.39 is 0 Å². The molecule has 2 rings (SSSR count). The van der Waals surface area contributed by atoms with E-state index in [2.05, 4.69) is 36.1 Å². The maximum atomic E-state index is 6.44. The lowest BCUT2D eigenvalue weighted by molar-refractivity contribution is 0.128. The van der Waals surface area contributed by atoms with E-state index in [1.54, 1.807) is 0 Å². The maximum absolute atomic E-state index is 6.44. The van der Waals surface area contributed by atoms with Crippen LogP contribution in [0.5, 0.6) is 0 Å². The molecule has 1 aliphatic heterocycles. The summed E-state index contributed by atoms with van der Waals surface area (Å²) in [6, 6.07) is 1.13. The zero-order chi connectivity index (χ0) is 14.0. The number of piperazine rings is 1. The van der Waals surface area contributed by atoms with Crippen molar-refractivity contribution in [2.45, 2.75) is 52.2 Å². The first-order valence-corrected chi connectivity index (χ1v) is 7.62. The Labute approximate surface area is 121 Å². The Morgan fingerprint density at radius 1 is 1.42 bits per heavy atom. The first-order valence-electron chi connectivity index (χ1n) is 7.24. The zero-order valence-electron chi connectivity index (χ0n) is 12.4. The molecule has 0 radical (unpaired) electrons. The molecule has 2 atom stereocenters. The fraction of sp³-hybridized carbons (Fsp3) is 0.786. The number of hydrogen-bond acceptors (Lipinski definition) is 3. The van der Waals surface area contributed by atoms with Crippen molar-refractivity contribution in [3.8, 4) is 0 Å². The van der Waals surface area contributed by atoms with Crippen molar-refractivity contribution in [2.75, 3.05) is 13.1 Å². The molecular weight excluding hydrogens is 260 g/mol. The molecule has 0 aliphatic carbocycles. The van der Waals surface area contributed by atoms with Gasteiger partial charge in [0, 0.05) is 38.8 Å². The summed E-state index contributed by atoms with van der Waals surface area (Å²) in [6.45, 7) is 9.62. The monoisotopic (exact) mass is 284 g/mol. The molecular formula is C14H25ClN4. The molecule has 1 aliphatic rings. The second kappa shape index (κ2) is 6.25. The van der Waals surface area contributed by atoms with Gasteiger partial charge in [0.15, 0.2) is 0 Å². The molecule has 0 amide bonds. The average molecular weight is 285 g/mol. The normalized spacial score (nSPS) is 24.9. The van der Waals surface area contributed by atoms with E-state index in [0.717, 1.165) is 42.5 Å². The molecule has 0 aromatic carbocycles. The van der Waals surface area contributed by atoms with Gasteiger partial charge in [-0.15, -0.1) is 0 Å². The summed E-state index contributed by atoms with van der Waals surface area (Å²) in [5.41, 5.74) is 2.15. The van der Waals surface area contributed by atoms with Gasteiger partial charge in [0.2, 0.25) is 0 Å². The van der Waals surface area contributed by atoms with E-state index in [1.165, 1.54) is 6.42 Å². The van der Waals surface area contributed by atoms with Crippen LogP contribution in [0.1, 0.15) is 38.6 Å². The van der Waals surface area contributed by atoms with Gasteiger partial charge in [-0.3, -0.25) is 9.58 Å². The Balaban J connectivity index is 2.13. The Bertz CT molecular complexity index is 429. The maximum Gasteiger partial charge on any atom is 0.0863 e. The highest BCUT2D eigenvalue weighted by Crippen LogP contribution is 2.23. The van der Waals surface area contributed by atoms with Gasteiger partial charge in [-0.1, -0.05) is 25.4 Å². The van der Waals surface area contributed by atoms with Crippen molar-refractivity contribution in [3.05, 3.63) is 16.4 Å². The third-order valence-corrected chi connectivity index (χ3v) is 4.57. The molecule has 4 nitrogen and oxygen atoms in total. The standard InChI is InChI=1S/C14H25ClN4/c1-5-11-8-19(10(3)7-16-11)9-13-14(15)12(6-2)17-18(13)4/h10-11,16H,5-9H2,1-4H3. The smallest absolute Gasteiger partial charge is 0.0863 e. The molecule has 19 heavy (non-hydrogen) atoms. The average Bonchev–Trinajstić information content (AvgIpc) is 2.68. The summed E-state index contributed by atoms with van der Waals surface area (Å²) in [4.78, 5) is 2.51. The molecule has 0 spiro atoms. The van der Waals surface area contributed by atoms with Crippen LogP contribution in [0.2, 0.25) is 5.02 Å². The molecule has 1 fully saturated rings. The molecule has 108 valence electrons. The van der Waals surface area contributed by atoms with Crippen LogP contribution < -0.4 is 5.32 Å². The van der Waals surface area contributed by atoms with E-state index in [0.29, 0.717) is 12.1 Å². The molecule has 0 bridgehead atoms. The fourth-order valence-electron chi connectivity index (χ4n) is 2.67. The van der Waals surface area contributed by atoms with Gasteiger partial charge in [0.1, 0.15) is 0 Å². The van der Waals surface area contributed by atoms with Gasteiger partial charge in [0.25, 0.3) is 0 Å². The number of aryl methyl sites for hydroxylation is 2. The Kier molecular flexibility index (Phi) is 4.87.